The lowest BCUT2D eigenvalue weighted by Crippen LogP contribution is -2.59. The summed E-state index contributed by atoms with van der Waals surface area (Å²) in [6.07, 6.45) is 4.92. The lowest BCUT2D eigenvalue weighted by atomic mass is 9.78. The van der Waals surface area contributed by atoms with Gasteiger partial charge in [-0.15, -0.1) is 0 Å². The largest absolute Gasteiger partial charge is 0.352 e. The maximum atomic E-state index is 10.8. The van der Waals surface area contributed by atoms with Crippen LogP contribution in [0.15, 0.2) is 0 Å². The van der Waals surface area contributed by atoms with Gasteiger partial charge in [-0.05, 0) is 12.8 Å². The van der Waals surface area contributed by atoms with E-state index in [9.17, 15) is 4.79 Å². The normalized spacial score (nSPS) is 40.7. The molecule has 0 bridgehead atoms. The molecule has 1 saturated carbocycles. The maximum absolute atomic E-state index is 10.8. The topological polar surface area (TPSA) is 29.1 Å². The SMILES string of the molecule is O=C1NC2CCCC[C@@H]12. The second-order valence-electron chi connectivity index (χ2n) is 3.01. The first-order valence-corrected chi connectivity index (χ1v) is 3.68. The number of nitrogens with one attached hydrogen (secondary N) is 1. The van der Waals surface area contributed by atoms with Gasteiger partial charge in [-0.2, -0.15) is 0 Å². The molecule has 0 aromatic heterocycles. The van der Waals surface area contributed by atoms with E-state index >= 15 is 0 Å². The summed E-state index contributed by atoms with van der Waals surface area (Å²) >= 11 is 0. The molecule has 0 aromatic rings. The zero-order chi connectivity index (χ0) is 6.27. The predicted octanol–water partition coefficient (Wildman–Crippen LogP) is 0.675. The van der Waals surface area contributed by atoms with E-state index in [1.54, 1.807) is 0 Å². The zero-order valence-electron chi connectivity index (χ0n) is 5.39. The molecule has 1 saturated heterocycles. The zero-order valence-corrected chi connectivity index (χ0v) is 5.39. The molecule has 1 amide bonds. The third-order valence-corrected chi connectivity index (χ3v) is 2.43. The molecule has 1 aliphatic carbocycles. The second kappa shape index (κ2) is 1.72. The van der Waals surface area contributed by atoms with Crippen molar-refractivity contribution < 1.29 is 4.79 Å². The number of carbonyl (C=O) groups excluding carboxylic acids is 1. The molecule has 1 heterocycles. The number of rotatable bonds is 0. The van der Waals surface area contributed by atoms with Crippen LogP contribution in [0.3, 0.4) is 0 Å². The van der Waals surface area contributed by atoms with Gasteiger partial charge in [0.05, 0.1) is 5.92 Å². The van der Waals surface area contributed by atoms with Gasteiger partial charge in [-0.1, -0.05) is 12.8 Å². The highest BCUT2D eigenvalue weighted by molar-refractivity contribution is 5.85. The highest BCUT2D eigenvalue weighted by Gasteiger charge is 2.39. The fourth-order valence-corrected chi connectivity index (χ4v) is 1.81. The smallest absolute Gasteiger partial charge is 0.225 e. The third-order valence-electron chi connectivity index (χ3n) is 2.43. The molecule has 2 aliphatic rings. The van der Waals surface area contributed by atoms with Gasteiger partial charge in [-0.25, -0.2) is 0 Å². The summed E-state index contributed by atoms with van der Waals surface area (Å²) in [6.45, 7) is 0. The van der Waals surface area contributed by atoms with E-state index in [1.807, 2.05) is 0 Å². The number of β-lactam (4-membered cyclic amide) rings is 1. The van der Waals surface area contributed by atoms with Crippen LogP contribution in [0, 0.1) is 5.92 Å². The van der Waals surface area contributed by atoms with Crippen LogP contribution in [-0.2, 0) is 4.79 Å². The van der Waals surface area contributed by atoms with Crippen molar-refractivity contribution in [3.05, 3.63) is 0 Å². The van der Waals surface area contributed by atoms with E-state index < -0.39 is 0 Å². The van der Waals surface area contributed by atoms with E-state index in [2.05, 4.69) is 5.32 Å². The van der Waals surface area contributed by atoms with Crippen LogP contribution >= 0.6 is 0 Å². The van der Waals surface area contributed by atoms with Gasteiger partial charge >= 0.3 is 0 Å². The monoisotopic (exact) mass is 125 g/mol. The fraction of sp³-hybridized carbons (Fsp3) is 0.857. The Morgan fingerprint density at radius 2 is 2.11 bits per heavy atom. The van der Waals surface area contributed by atoms with Crippen molar-refractivity contribution >= 4 is 5.91 Å². The molecule has 0 spiro atoms. The van der Waals surface area contributed by atoms with Crippen LogP contribution in [0.4, 0.5) is 0 Å². The minimum Gasteiger partial charge on any atom is -0.352 e. The highest BCUT2D eigenvalue weighted by Crippen LogP contribution is 2.30. The average molecular weight is 125 g/mol. The Balaban J connectivity index is 2.01. The first-order valence-electron chi connectivity index (χ1n) is 3.68. The lowest BCUT2D eigenvalue weighted by Gasteiger charge is -2.40. The Kier molecular flexibility index (Phi) is 1.01. The van der Waals surface area contributed by atoms with Crippen molar-refractivity contribution in [1.29, 1.82) is 0 Å². The lowest BCUT2D eigenvalue weighted by molar-refractivity contribution is -0.136. The van der Waals surface area contributed by atoms with Crippen molar-refractivity contribution in [1.82, 2.24) is 5.32 Å². The van der Waals surface area contributed by atoms with Crippen molar-refractivity contribution in [2.45, 2.75) is 31.7 Å². The molecular formula is C7H11NO. The fourth-order valence-electron chi connectivity index (χ4n) is 1.81. The number of hydrogen-bond donors (Lipinski definition) is 1. The molecule has 1 N–H and O–H groups in total. The van der Waals surface area contributed by atoms with Crippen LogP contribution < -0.4 is 5.32 Å². The standard InChI is InChI=1S/C7H11NO/c9-7-5-3-1-2-4-6(5)8-7/h5-6H,1-4H2,(H,8,9)/t5-,6?/m1/s1. The molecule has 50 valence electrons. The number of hydrogen-bond acceptors (Lipinski definition) is 1. The van der Waals surface area contributed by atoms with Gasteiger partial charge in [0.1, 0.15) is 0 Å². The molecule has 2 rings (SSSR count). The Hall–Kier alpha value is -0.530. The van der Waals surface area contributed by atoms with Gasteiger partial charge in [-0.3, -0.25) is 4.79 Å². The van der Waals surface area contributed by atoms with Crippen LogP contribution in [0.5, 0.6) is 0 Å². The first-order chi connectivity index (χ1) is 4.38. The van der Waals surface area contributed by atoms with Crippen LogP contribution in [0.1, 0.15) is 25.7 Å². The van der Waals surface area contributed by atoms with E-state index in [0.717, 1.165) is 6.42 Å². The number of carbonyl (C=O) groups is 1. The molecule has 2 heteroatoms. The van der Waals surface area contributed by atoms with Crippen molar-refractivity contribution in [2.24, 2.45) is 5.92 Å². The first kappa shape index (κ1) is 5.27. The third kappa shape index (κ3) is 0.655. The minimum atomic E-state index is 0.291. The average Bonchev–Trinajstić information content (AvgIpc) is 1.86. The highest BCUT2D eigenvalue weighted by atomic mass is 16.2. The van der Waals surface area contributed by atoms with Gasteiger partial charge in [0.25, 0.3) is 0 Å². The maximum Gasteiger partial charge on any atom is 0.225 e. The summed E-state index contributed by atoms with van der Waals surface area (Å²) in [4.78, 5) is 10.8. The van der Waals surface area contributed by atoms with Crippen LogP contribution in [0.2, 0.25) is 0 Å². The van der Waals surface area contributed by atoms with E-state index in [4.69, 9.17) is 0 Å². The Bertz CT molecular complexity index is 144. The summed E-state index contributed by atoms with van der Waals surface area (Å²) in [6, 6.07) is 0.561. The molecule has 2 fully saturated rings. The molecule has 1 unspecified atom stereocenters. The van der Waals surface area contributed by atoms with Crippen LogP contribution in [0.25, 0.3) is 0 Å². The van der Waals surface area contributed by atoms with E-state index in [-0.39, 0.29) is 0 Å². The predicted molar refractivity (Wildman–Crippen MR) is 33.9 cm³/mol. The Morgan fingerprint density at radius 1 is 1.33 bits per heavy atom. The van der Waals surface area contributed by atoms with Crippen molar-refractivity contribution in [2.75, 3.05) is 0 Å². The molecule has 2 atom stereocenters. The quantitative estimate of drug-likeness (QED) is 0.474. The van der Waals surface area contributed by atoms with Gasteiger partial charge < -0.3 is 5.32 Å². The van der Waals surface area contributed by atoms with Gasteiger partial charge in [0.2, 0.25) is 5.91 Å². The molecule has 0 aromatic carbocycles. The summed E-state index contributed by atoms with van der Waals surface area (Å²) < 4.78 is 0. The van der Waals surface area contributed by atoms with E-state index in [0.29, 0.717) is 17.9 Å². The molecule has 0 radical (unpaired) electrons. The Morgan fingerprint density at radius 3 is 2.67 bits per heavy atom. The molecule has 9 heavy (non-hydrogen) atoms. The number of fused-ring (bicyclic) bond motifs is 1. The summed E-state index contributed by atoms with van der Waals surface area (Å²) in [5.74, 6) is 0.693. The summed E-state index contributed by atoms with van der Waals surface area (Å²) in [5.41, 5.74) is 0. The number of amides is 1. The van der Waals surface area contributed by atoms with Gasteiger partial charge in [0, 0.05) is 6.04 Å². The summed E-state index contributed by atoms with van der Waals surface area (Å²) in [7, 11) is 0. The molecule has 1 aliphatic heterocycles. The minimum absolute atomic E-state index is 0.291. The Labute approximate surface area is 54.6 Å². The molecule has 2 nitrogen and oxygen atoms in total. The van der Waals surface area contributed by atoms with E-state index in [1.165, 1.54) is 19.3 Å². The van der Waals surface area contributed by atoms with Crippen molar-refractivity contribution in [3.8, 4) is 0 Å². The van der Waals surface area contributed by atoms with Gasteiger partial charge in [0.15, 0.2) is 0 Å². The molecular weight excluding hydrogens is 114 g/mol. The summed E-state index contributed by atoms with van der Waals surface area (Å²) in [5, 5.41) is 2.91. The van der Waals surface area contributed by atoms with Crippen LogP contribution in [-0.4, -0.2) is 11.9 Å². The van der Waals surface area contributed by atoms with Crippen molar-refractivity contribution in [3.63, 3.8) is 0 Å². The second-order valence-corrected chi connectivity index (χ2v) is 3.01.